The summed E-state index contributed by atoms with van der Waals surface area (Å²) in [6, 6.07) is 3.38. The van der Waals surface area contributed by atoms with Gasteiger partial charge < -0.3 is 10.2 Å². The zero-order valence-corrected chi connectivity index (χ0v) is 11.7. The number of carbonyl (C=O) groups excluding carboxylic acids is 2. The maximum absolute atomic E-state index is 12.9. The number of imide groups is 1. The van der Waals surface area contributed by atoms with Crippen molar-refractivity contribution in [1.29, 1.82) is 0 Å². The lowest BCUT2D eigenvalue weighted by Crippen LogP contribution is -2.54. The van der Waals surface area contributed by atoms with E-state index in [0.717, 1.165) is 18.7 Å². The Kier molecular flexibility index (Phi) is 2.97. The number of hydrogen-bond donors (Lipinski definition) is 1. The first-order valence-electron chi connectivity index (χ1n) is 6.82. The lowest BCUT2D eigenvalue weighted by molar-refractivity contribution is -0.125. The van der Waals surface area contributed by atoms with Gasteiger partial charge >= 0.3 is 6.03 Å². The number of aryl methyl sites for hydroxylation is 1. The second-order valence-electron chi connectivity index (χ2n) is 5.41. The van der Waals surface area contributed by atoms with E-state index in [9.17, 15) is 9.59 Å². The summed E-state index contributed by atoms with van der Waals surface area (Å²) in [5, 5.41) is 3.23. The molecule has 0 unspecified atom stereocenters. The zero-order chi connectivity index (χ0) is 14.3. The molecular weight excluding hydrogens is 256 g/mol. The van der Waals surface area contributed by atoms with E-state index in [1.807, 2.05) is 13.0 Å². The third-order valence-electron chi connectivity index (χ3n) is 4.35. The van der Waals surface area contributed by atoms with Gasteiger partial charge in [-0.15, -0.1) is 0 Å². The fourth-order valence-corrected chi connectivity index (χ4v) is 3.06. The molecule has 0 aliphatic carbocycles. The molecule has 0 aromatic carbocycles. The quantitative estimate of drug-likeness (QED) is 0.773. The molecule has 0 saturated carbocycles. The highest BCUT2D eigenvalue weighted by molar-refractivity contribution is 6.23. The number of rotatable bonds is 1. The molecule has 3 rings (SSSR count). The van der Waals surface area contributed by atoms with E-state index in [1.165, 1.54) is 4.90 Å². The predicted octanol–water partition coefficient (Wildman–Crippen LogP) is 0.911. The molecule has 2 aliphatic rings. The number of amides is 3. The molecule has 1 N–H and O–H groups in total. The van der Waals surface area contributed by atoms with E-state index >= 15 is 0 Å². The average molecular weight is 274 g/mol. The van der Waals surface area contributed by atoms with E-state index in [-0.39, 0.29) is 11.9 Å². The Balaban J connectivity index is 2.04. The molecule has 6 nitrogen and oxygen atoms in total. The summed E-state index contributed by atoms with van der Waals surface area (Å²) in [4.78, 5) is 32.4. The van der Waals surface area contributed by atoms with Crippen LogP contribution in [-0.2, 0) is 4.79 Å². The van der Waals surface area contributed by atoms with Crippen molar-refractivity contribution in [3.8, 4) is 0 Å². The number of nitrogens with zero attached hydrogens (tertiary/aromatic N) is 3. The molecule has 1 aromatic rings. The Bertz CT molecular complexity index is 566. The van der Waals surface area contributed by atoms with E-state index < -0.39 is 5.54 Å². The lowest BCUT2D eigenvalue weighted by Gasteiger charge is -2.36. The highest BCUT2D eigenvalue weighted by Crippen LogP contribution is 2.36. The van der Waals surface area contributed by atoms with Crippen LogP contribution >= 0.6 is 0 Å². The van der Waals surface area contributed by atoms with E-state index in [1.54, 1.807) is 24.2 Å². The normalized spacial score (nSPS) is 21.9. The van der Waals surface area contributed by atoms with Crippen molar-refractivity contribution in [3.63, 3.8) is 0 Å². The number of likely N-dealkylation sites (N-methyl/N-ethyl adjacent to an activating group) is 1. The maximum atomic E-state index is 12.9. The SMILES string of the molecule is Cc1cccnc1N1C(=O)N(C)C2(CCNCC2)C1=O. The monoisotopic (exact) mass is 274 g/mol. The molecule has 106 valence electrons. The summed E-state index contributed by atoms with van der Waals surface area (Å²) in [6.45, 7) is 3.35. The first kappa shape index (κ1) is 13.1. The minimum Gasteiger partial charge on any atom is -0.317 e. The zero-order valence-electron chi connectivity index (χ0n) is 11.7. The van der Waals surface area contributed by atoms with Crippen LogP contribution < -0.4 is 10.2 Å². The fraction of sp³-hybridized carbons (Fsp3) is 0.500. The van der Waals surface area contributed by atoms with Crippen LogP contribution in [0.1, 0.15) is 18.4 Å². The molecule has 0 bridgehead atoms. The molecular formula is C14H18N4O2. The Hall–Kier alpha value is -1.95. The van der Waals surface area contributed by atoms with E-state index in [0.29, 0.717) is 18.7 Å². The summed E-state index contributed by atoms with van der Waals surface area (Å²) in [5.41, 5.74) is 0.125. The van der Waals surface area contributed by atoms with E-state index in [4.69, 9.17) is 0 Å². The molecule has 2 saturated heterocycles. The van der Waals surface area contributed by atoms with Gasteiger partial charge in [0.1, 0.15) is 11.4 Å². The van der Waals surface area contributed by atoms with Gasteiger partial charge in [-0.05, 0) is 44.5 Å². The highest BCUT2D eigenvalue weighted by atomic mass is 16.2. The fourth-order valence-electron chi connectivity index (χ4n) is 3.06. The molecule has 2 fully saturated rings. The number of nitrogens with one attached hydrogen (secondary N) is 1. The van der Waals surface area contributed by atoms with Gasteiger partial charge in [-0.25, -0.2) is 14.7 Å². The van der Waals surface area contributed by atoms with Crippen LogP contribution in [0.3, 0.4) is 0 Å². The van der Waals surface area contributed by atoms with Gasteiger partial charge in [0.2, 0.25) is 0 Å². The van der Waals surface area contributed by atoms with Crippen LogP contribution in [0.25, 0.3) is 0 Å². The minimum absolute atomic E-state index is 0.145. The Morgan fingerprint density at radius 1 is 1.30 bits per heavy atom. The van der Waals surface area contributed by atoms with Crippen LogP contribution in [0.5, 0.6) is 0 Å². The Labute approximate surface area is 117 Å². The van der Waals surface area contributed by atoms with Crippen LogP contribution in [-0.4, -0.2) is 47.5 Å². The van der Waals surface area contributed by atoms with Gasteiger partial charge in [-0.2, -0.15) is 0 Å². The van der Waals surface area contributed by atoms with Gasteiger partial charge in [-0.3, -0.25) is 4.79 Å². The summed E-state index contributed by atoms with van der Waals surface area (Å²) in [6.07, 6.45) is 2.91. The van der Waals surface area contributed by atoms with Crippen LogP contribution in [0.2, 0.25) is 0 Å². The average Bonchev–Trinajstić information content (AvgIpc) is 2.64. The smallest absolute Gasteiger partial charge is 0.317 e. The van der Waals surface area contributed by atoms with Crippen LogP contribution in [0, 0.1) is 6.92 Å². The number of pyridine rings is 1. The van der Waals surface area contributed by atoms with Gasteiger partial charge in [0.05, 0.1) is 0 Å². The second kappa shape index (κ2) is 4.56. The molecule has 20 heavy (non-hydrogen) atoms. The van der Waals surface area contributed by atoms with Gasteiger partial charge in [0, 0.05) is 13.2 Å². The Morgan fingerprint density at radius 2 is 2.00 bits per heavy atom. The number of carbonyl (C=O) groups is 2. The first-order valence-corrected chi connectivity index (χ1v) is 6.82. The number of urea groups is 1. The van der Waals surface area contributed by atoms with Crippen LogP contribution in [0.4, 0.5) is 10.6 Å². The second-order valence-corrected chi connectivity index (χ2v) is 5.41. The van der Waals surface area contributed by atoms with Crippen molar-refractivity contribution in [2.75, 3.05) is 25.0 Å². The van der Waals surface area contributed by atoms with Crippen molar-refractivity contribution >= 4 is 17.8 Å². The third kappa shape index (κ3) is 1.64. The highest BCUT2D eigenvalue weighted by Gasteiger charge is 2.56. The molecule has 1 aromatic heterocycles. The molecule has 0 atom stereocenters. The van der Waals surface area contributed by atoms with Crippen molar-refractivity contribution < 1.29 is 9.59 Å². The summed E-state index contributed by atoms with van der Waals surface area (Å²) >= 11 is 0. The van der Waals surface area contributed by atoms with Gasteiger partial charge in [0.15, 0.2) is 0 Å². The molecule has 1 spiro atoms. The van der Waals surface area contributed by atoms with E-state index in [2.05, 4.69) is 10.3 Å². The van der Waals surface area contributed by atoms with Crippen molar-refractivity contribution in [2.24, 2.45) is 0 Å². The van der Waals surface area contributed by atoms with Gasteiger partial charge in [-0.1, -0.05) is 6.07 Å². The maximum Gasteiger partial charge on any atom is 0.333 e. The molecule has 0 radical (unpaired) electrons. The van der Waals surface area contributed by atoms with Crippen molar-refractivity contribution in [1.82, 2.24) is 15.2 Å². The minimum atomic E-state index is -0.702. The number of hydrogen-bond acceptors (Lipinski definition) is 4. The summed E-state index contributed by atoms with van der Waals surface area (Å²) < 4.78 is 0. The number of anilines is 1. The van der Waals surface area contributed by atoms with Gasteiger partial charge in [0.25, 0.3) is 5.91 Å². The molecule has 6 heteroatoms. The standard InChI is InChI=1S/C14H18N4O2/c1-10-4-3-7-16-11(10)18-12(19)14(17(2)13(18)20)5-8-15-9-6-14/h3-4,7,15H,5-6,8-9H2,1-2H3. The predicted molar refractivity (Wildman–Crippen MR) is 74.5 cm³/mol. The Morgan fingerprint density at radius 3 is 2.65 bits per heavy atom. The lowest BCUT2D eigenvalue weighted by atomic mass is 9.87. The van der Waals surface area contributed by atoms with Crippen molar-refractivity contribution in [3.05, 3.63) is 23.9 Å². The molecule has 2 aliphatic heterocycles. The topological polar surface area (TPSA) is 65.5 Å². The molecule has 3 amide bonds. The first-order chi connectivity index (χ1) is 9.58. The summed E-state index contributed by atoms with van der Waals surface area (Å²) in [5.74, 6) is 0.304. The number of aromatic nitrogens is 1. The van der Waals surface area contributed by atoms with Crippen LogP contribution in [0.15, 0.2) is 18.3 Å². The summed E-state index contributed by atoms with van der Waals surface area (Å²) in [7, 11) is 1.71. The largest absolute Gasteiger partial charge is 0.333 e. The third-order valence-corrected chi connectivity index (χ3v) is 4.35. The van der Waals surface area contributed by atoms with Crippen molar-refractivity contribution in [2.45, 2.75) is 25.3 Å². The molecule has 3 heterocycles. The number of piperidine rings is 1.